The smallest absolute Gasteiger partial charge is 0.262 e. The third-order valence-electron chi connectivity index (χ3n) is 5.26. The molecular formula is C24H26ClN5O3S. The van der Waals surface area contributed by atoms with Crippen LogP contribution in [0, 0.1) is 6.92 Å². The monoisotopic (exact) mass is 499 g/mol. The Balaban J connectivity index is 1.60. The first-order chi connectivity index (χ1) is 16.3. The minimum atomic E-state index is -0.185. The molecule has 0 aliphatic heterocycles. The van der Waals surface area contributed by atoms with E-state index in [1.54, 1.807) is 22.8 Å². The van der Waals surface area contributed by atoms with E-state index in [1.165, 1.54) is 11.8 Å². The van der Waals surface area contributed by atoms with Crippen LogP contribution >= 0.6 is 23.4 Å². The van der Waals surface area contributed by atoms with Crippen LogP contribution in [-0.4, -0.2) is 43.5 Å². The van der Waals surface area contributed by atoms with Crippen LogP contribution in [-0.2, 0) is 16.1 Å². The number of nitrogens with one attached hydrogen (secondary N) is 1. The van der Waals surface area contributed by atoms with Gasteiger partial charge < -0.3 is 10.1 Å². The molecule has 0 spiro atoms. The molecule has 4 rings (SSSR count). The number of carbonyl (C=O) groups is 1. The molecule has 0 saturated carbocycles. The van der Waals surface area contributed by atoms with Gasteiger partial charge in [0.1, 0.15) is 0 Å². The second-order valence-corrected chi connectivity index (χ2v) is 9.54. The summed E-state index contributed by atoms with van der Waals surface area (Å²) in [6.45, 7) is 6.86. The molecule has 10 heteroatoms. The Bertz CT molecular complexity index is 1400. The topological polar surface area (TPSA) is 90.5 Å². The van der Waals surface area contributed by atoms with Crippen LogP contribution in [0.4, 0.5) is 5.69 Å². The van der Waals surface area contributed by atoms with Gasteiger partial charge in [0.25, 0.3) is 5.56 Å². The highest BCUT2D eigenvalue weighted by Crippen LogP contribution is 2.23. The summed E-state index contributed by atoms with van der Waals surface area (Å²) in [5, 5.41) is 13.2. The van der Waals surface area contributed by atoms with Crippen LogP contribution in [0.3, 0.4) is 0 Å². The molecule has 0 saturated heterocycles. The minimum absolute atomic E-state index is 0.120. The Hall–Kier alpha value is -2.88. The van der Waals surface area contributed by atoms with Gasteiger partial charge in [-0.3, -0.25) is 18.6 Å². The Labute approximate surface area is 206 Å². The maximum Gasteiger partial charge on any atom is 0.262 e. The third-order valence-corrected chi connectivity index (χ3v) is 6.43. The van der Waals surface area contributed by atoms with E-state index in [4.69, 9.17) is 16.3 Å². The van der Waals surface area contributed by atoms with Gasteiger partial charge in [0.05, 0.1) is 22.8 Å². The molecule has 4 aromatic rings. The number of anilines is 1. The number of fused-ring (bicyclic) bond motifs is 3. The van der Waals surface area contributed by atoms with Crippen molar-refractivity contribution in [3.63, 3.8) is 0 Å². The van der Waals surface area contributed by atoms with Gasteiger partial charge in [-0.25, -0.2) is 0 Å². The van der Waals surface area contributed by atoms with Crippen molar-refractivity contribution < 1.29 is 9.53 Å². The molecule has 0 radical (unpaired) electrons. The van der Waals surface area contributed by atoms with E-state index in [2.05, 4.69) is 15.5 Å². The molecule has 0 unspecified atom stereocenters. The quantitative estimate of drug-likeness (QED) is 0.268. The van der Waals surface area contributed by atoms with Gasteiger partial charge in [0, 0.05) is 23.9 Å². The number of amides is 1. The first kappa shape index (κ1) is 24.3. The number of hydrogen-bond acceptors (Lipinski definition) is 6. The molecule has 2 aromatic heterocycles. The van der Waals surface area contributed by atoms with Crippen molar-refractivity contribution in [2.45, 2.75) is 45.0 Å². The summed E-state index contributed by atoms with van der Waals surface area (Å²) < 4.78 is 9.08. The summed E-state index contributed by atoms with van der Waals surface area (Å²) in [6.07, 6.45) is 0.800. The van der Waals surface area contributed by atoms with E-state index >= 15 is 0 Å². The lowest BCUT2D eigenvalue weighted by Gasteiger charge is -2.12. The summed E-state index contributed by atoms with van der Waals surface area (Å²) in [7, 11) is 0. The number of carbonyl (C=O) groups excluding carboxylic acids is 1. The number of hydrogen-bond donors (Lipinski definition) is 1. The van der Waals surface area contributed by atoms with Gasteiger partial charge in [-0.05, 0) is 57.0 Å². The van der Waals surface area contributed by atoms with Crippen molar-refractivity contribution >= 4 is 51.6 Å². The van der Waals surface area contributed by atoms with Crippen molar-refractivity contribution in [1.82, 2.24) is 19.2 Å². The van der Waals surface area contributed by atoms with E-state index in [0.29, 0.717) is 52.1 Å². The largest absolute Gasteiger partial charge is 0.379 e. The summed E-state index contributed by atoms with van der Waals surface area (Å²) in [5.74, 6) is 0.389. The van der Waals surface area contributed by atoms with Gasteiger partial charge in [-0.1, -0.05) is 41.6 Å². The molecule has 2 aromatic carbocycles. The number of thioether (sulfide) groups is 1. The summed E-state index contributed by atoms with van der Waals surface area (Å²) in [4.78, 5) is 25.8. The molecule has 1 N–H and O–H groups in total. The Morgan fingerprint density at radius 1 is 1.21 bits per heavy atom. The van der Waals surface area contributed by atoms with E-state index in [9.17, 15) is 9.59 Å². The van der Waals surface area contributed by atoms with Crippen LogP contribution in [0.1, 0.15) is 25.8 Å². The van der Waals surface area contributed by atoms with Crippen molar-refractivity contribution in [1.29, 1.82) is 0 Å². The molecule has 0 aliphatic rings. The average Bonchev–Trinajstić information content (AvgIpc) is 3.23. The molecule has 1 amide bonds. The van der Waals surface area contributed by atoms with E-state index in [1.807, 2.05) is 49.4 Å². The highest BCUT2D eigenvalue weighted by atomic mass is 35.5. The molecule has 34 heavy (non-hydrogen) atoms. The number of nitrogens with zero attached hydrogens (tertiary/aromatic N) is 4. The fraction of sp³-hybridized carbons (Fsp3) is 0.333. The van der Waals surface area contributed by atoms with Crippen molar-refractivity contribution in [2.24, 2.45) is 0 Å². The predicted octanol–water partition coefficient (Wildman–Crippen LogP) is 4.55. The van der Waals surface area contributed by atoms with Crippen molar-refractivity contribution in [2.75, 3.05) is 17.7 Å². The molecular weight excluding hydrogens is 474 g/mol. The number of aromatic nitrogens is 4. The molecule has 0 aliphatic carbocycles. The van der Waals surface area contributed by atoms with Crippen molar-refractivity contribution in [3.8, 4) is 0 Å². The number of aryl methyl sites for hydroxylation is 2. The normalized spacial score (nSPS) is 11.6. The minimum Gasteiger partial charge on any atom is -0.379 e. The zero-order valence-corrected chi connectivity index (χ0v) is 20.8. The number of halogens is 1. The first-order valence-electron chi connectivity index (χ1n) is 11.0. The van der Waals surface area contributed by atoms with Gasteiger partial charge in [-0.15, -0.1) is 10.2 Å². The zero-order valence-electron chi connectivity index (χ0n) is 19.2. The van der Waals surface area contributed by atoms with Crippen LogP contribution in [0.25, 0.3) is 16.7 Å². The van der Waals surface area contributed by atoms with E-state index < -0.39 is 0 Å². The summed E-state index contributed by atoms with van der Waals surface area (Å²) in [5.41, 5.74) is 2.18. The lowest BCUT2D eigenvalue weighted by Crippen LogP contribution is -2.24. The summed E-state index contributed by atoms with van der Waals surface area (Å²) >= 11 is 7.31. The van der Waals surface area contributed by atoms with Crippen LogP contribution < -0.4 is 10.9 Å². The van der Waals surface area contributed by atoms with Gasteiger partial charge in [0.2, 0.25) is 11.7 Å². The molecule has 0 fully saturated rings. The van der Waals surface area contributed by atoms with Crippen molar-refractivity contribution in [3.05, 3.63) is 63.4 Å². The maximum absolute atomic E-state index is 13.2. The molecule has 0 atom stereocenters. The van der Waals surface area contributed by atoms with E-state index in [-0.39, 0.29) is 23.3 Å². The van der Waals surface area contributed by atoms with Gasteiger partial charge in [-0.2, -0.15) is 0 Å². The van der Waals surface area contributed by atoms with Crippen LogP contribution in [0.15, 0.2) is 52.4 Å². The fourth-order valence-corrected chi connectivity index (χ4v) is 4.53. The number of ether oxygens (including phenoxy) is 1. The second kappa shape index (κ2) is 10.6. The van der Waals surface area contributed by atoms with Gasteiger partial charge in [0.15, 0.2) is 5.16 Å². The zero-order chi connectivity index (χ0) is 24.2. The molecule has 2 heterocycles. The first-order valence-corrected chi connectivity index (χ1v) is 12.4. The number of para-hydroxylation sites is 1. The number of benzene rings is 2. The SMILES string of the molecule is Cc1ccc(Cl)cc1NC(=O)CSc1nnc2n(CCCOC(C)C)c(=O)c3ccccc3n12. The molecule has 178 valence electrons. The predicted molar refractivity (Wildman–Crippen MR) is 136 cm³/mol. The third kappa shape index (κ3) is 5.27. The van der Waals surface area contributed by atoms with Crippen LogP contribution in [0.5, 0.6) is 0 Å². The Morgan fingerprint density at radius 3 is 2.79 bits per heavy atom. The second-order valence-electron chi connectivity index (χ2n) is 8.16. The molecule has 0 bridgehead atoms. The van der Waals surface area contributed by atoms with Gasteiger partial charge >= 0.3 is 0 Å². The lowest BCUT2D eigenvalue weighted by molar-refractivity contribution is -0.113. The average molecular weight is 500 g/mol. The number of rotatable bonds is 9. The Kier molecular flexibility index (Phi) is 7.55. The Morgan fingerprint density at radius 2 is 2.00 bits per heavy atom. The highest BCUT2D eigenvalue weighted by molar-refractivity contribution is 7.99. The van der Waals surface area contributed by atoms with Crippen LogP contribution in [0.2, 0.25) is 5.02 Å². The summed E-state index contributed by atoms with van der Waals surface area (Å²) in [6, 6.07) is 12.7. The molecule has 8 nitrogen and oxygen atoms in total. The maximum atomic E-state index is 13.2. The van der Waals surface area contributed by atoms with E-state index in [0.717, 1.165) is 5.56 Å². The lowest BCUT2D eigenvalue weighted by atomic mass is 10.2. The highest BCUT2D eigenvalue weighted by Gasteiger charge is 2.18. The fourth-order valence-electron chi connectivity index (χ4n) is 3.62. The standard InChI is InChI=1S/C24H26ClN5O3S/c1-15(2)33-12-6-11-29-22(32)18-7-4-5-8-20(18)30-23(29)27-28-24(30)34-14-21(31)26-19-13-17(25)10-9-16(19)3/h4-5,7-10,13,15H,6,11-12,14H2,1-3H3,(H,26,31).